The first-order valence-corrected chi connectivity index (χ1v) is 7.82. The second kappa shape index (κ2) is 5.80. The van der Waals surface area contributed by atoms with Gasteiger partial charge in [-0.25, -0.2) is 0 Å². The van der Waals surface area contributed by atoms with E-state index in [0.29, 0.717) is 0 Å². The van der Waals surface area contributed by atoms with Crippen LogP contribution in [0.15, 0.2) is 40.6 Å². The van der Waals surface area contributed by atoms with Crippen LogP contribution in [0.4, 0.5) is 5.69 Å². The number of para-hydroxylation sites is 1. The van der Waals surface area contributed by atoms with Crippen LogP contribution in [0.3, 0.4) is 0 Å². The minimum atomic E-state index is 0.270. The molecular formula is C13H14ClNS2. The van der Waals surface area contributed by atoms with Crippen molar-refractivity contribution in [1.82, 2.24) is 0 Å². The highest BCUT2D eigenvalue weighted by Gasteiger charge is 2.09. The highest BCUT2D eigenvalue weighted by Crippen LogP contribution is 2.30. The molecule has 0 aliphatic heterocycles. The quantitative estimate of drug-likeness (QED) is 0.765. The second-order valence-corrected chi connectivity index (χ2v) is 6.14. The summed E-state index contributed by atoms with van der Waals surface area (Å²) in [6.07, 6.45) is 2.09. The molecule has 90 valence electrons. The summed E-state index contributed by atoms with van der Waals surface area (Å²) in [4.78, 5) is 1.26. The first-order valence-electron chi connectivity index (χ1n) is 5.34. The minimum Gasteiger partial charge on any atom is -0.378 e. The summed E-state index contributed by atoms with van der Waals surface area (Å²) in [6.45, 7) is 2.15. The molecule has 0 fully saturated rings. The van der Waals surface area contributed by atoms with Gasteiger partial charge in [0.15, 0.2) is 0 Å². The zero-order chi connectivity index (χ0) is 12.3. The van der Waals surface area contributed by atoms with Gasteiger partial charge in [-0.3, -0.25) is 0 Å². The molecule has 17 heavy (non-hydrogen) atoms. The molecule has 1 N–H and O–H groups in total. The highest BCUT2D eigenvalue weighted by atomic mass is 35.5. The van der Waals surface area contributed by atoms with E-state index in [1.54, 1.807) is 23.1 Å². The van der Waals surface area contributed by atoms with E-state index < -0.39 is 0 Å². The predicted molar refractivity (Wildman–Crippen MR) is 79.6 cm³/mol. The molecule has 0 radical (unpaired) electrons. The van der Waals surface area contributed by atoms with Gasteiger partial charge in [0.05, 0.1) is 4.34 Å². The third-order valence-corrected chi connectivity index (χ3v) is 4.47. The van der Waals surface area contributed by atoms with Crippen LogP contribution in [-0.4, -0.2) is 6.26 Å². The minimum absolute atomic E-state index is 0.270. The third-order valence-electron chi connectivity index (χ3n) is 2.57. The number of rotatable bonds is 4. The van der Waals surface area contributed by atoms with E-state index in [1.165, 1.54) is 16.1 Å². The number of hydrogen-bond acceptors (Lipinski definition) is 3. The van der Waals surface area contributed by atoms with Crippen molar-refractivity contribution < 1.29 is 0 Å². The summed E-state index contributed by atoms with van der Waals surface area (Å²) in [7, 11) is 0. The average Bonchev–Trinajstić information content (AvgIpc) is 2.77. The molecule has 0 bridgehead atoms. The van der Waals surface area contributed by atoms with E-state index in [1.807, 2.05) is 6.07 Å². The number of hydrogen-bond donors (Lipinski definition) is 1. The Bertz CT molecular complexity index is 496. The largest absolute Gasteiger partial charge is 0.378 e. The molecule has 0 aliphatic rings. The maximum Gasteiger partial charge on any atom is 0.0931 e. The molecule has 1 aromatic heterocycles. The first-order chi connectivity index (χ1) is 8.20. The molecule has 0 saturated carbocycles. The fourth-order valence-corrected chi connectivity index (χ4v) is 3.18. The molecule has 1 heterocycles. The molecule has 1 unspecified atom stereocenters. The number of anilines is 1. The van der Waals surface area contributed by atoms with Crippen molar-refractivity contribution in [2.24, 2.45) is 0 Å². The summed E-state index contributed by atoms with van der Waals surface area (Å²) >= 11 is 9.28. The van der Waals surface area contributed by atoms with Gasteiger partial charge in [0, 0.05) is 16.6 Å². The molecule has 0 amide bonds. The lowest BCUT2D eigenvalue weighted by atomic mass is 10.1. The lowest BCUT2D eigenvalue weighted by Crippen LogP contribution is -2.06. The van der Waals surface area contributed by atoms with Gasteiger partial charge >= 0.3 is 0 Å². The van der Waals surface area contributed by atoms with Crippen LogP contribution in [0.25, 0.3) is 0 Å². The maximum absolute atomic E-state index is 5.95. The van der Waals surface area contributed by atoms with Gasteiger partial charge in [-0.2, -0.15) is 0 Å². The van der Waals surface area contributed by atoms with Crippen molar-refractivity contribution in [3.63, 3.8) is 0 Å². The van der Waals surface area contributed by atoms with Crippen LogP contribution in [0.5, 0.6) is 0 Å². The fraction of sp³-hybridized carbons (Fsp3) is 0.231. The van der Waals surface area contributed by atoms with Crippen LogP contribution in [-0.2, 0) is 0 Å². The summed E-state index contributed by atoms with van der Waals surface area (Å²) in [6, 6.07) is 10.6. The van der Waals surface area contributed by atoms with E-state index in [-0.39, 0.29) is 6.04 Å². The lowest BCUT2D eigenvalue weighted by Gasteiger charge is -2.16. The van der Waals surface area contributed by atoms with Gasteiger partial charge in [0.25, 0.3) is 0 Å². The number of benzene rings is 1. The number of thioether (sulfide) groups is 1. The SMILES string of the molecule is CSc1ccccc1NC(C)c1csc(Cl)c1. The molecule has 4 heteroatoms. The van der Waals surface area contributed by atoms with Gasteiger partial charge in [-0.15, -0.1) is 23.1 Å². The van der Waals surface area contributed by atoms with Crippen LogP contribution < -0.4 is 5.32 Å². The summed E-state index contributed by atoms with van der Waals surface area (Å²) < 4.78 is 0.840. The average molecular weight is 284 g/mol. The van der Waals surface area contributed by atoms with Crippen molar-refractivity contribution in [3.05, 3.63) is 45.6 Å². The van der Waals surface area contributed by atoms with Crippen molar-refractivity contribution in [2.45, 2.75) is 17.9 Å². The van der Waals surface area contributed by atoms with Crippen molar-refractivity contribution >= 4 is 40.4 Å². The molecular weight excluding hydrogens is 270 g/mol. The molecule has 0 aliphatic carbocycles. The zero-order valence-electron chi connectivity index (χ0n) is 9.74. The van der Waals surface area contributed by atoms with Gasteiger partial charge in [0.2, 0.25) is 0 Å². The Morgan fingerprint density at radius 2 is 2.12 bits per heavy atom. The smallest absolute Gasteiger partial charge is 0.0931 e. The number of nitrogens with one attached hydrogen (secondary N) is 1. The van der Waals surface area contributed by atoms with Crippen LogP contribution in [0.1, 0.15) is 18.5 Å². The monoisotopic (exact) mass is 283 g/mol. The lowest BCUT2D eigenvalue weighted by molar-refractivity contribution is 0.885. The molecule has 0 spiro atoms. The summed E-state index contributed by atoms with van der Waals surface area (Å²) in [5.74, 6) is 0. The van der Waals surface area contributed by atoms with E-state index in [4.69, 9.17) is 11.6 Å². The first kappa shape index (κ1) is 12.8. The highest BCUT2D eigenvalue weighted by molar-refractivity contribution is 7.98. The molecule has 2 aromatic rings. The van der Waals surface area contributed by atoms with Gasteiger partial charge in [-0.1, -0.05) is 23.7 Å². The predicted octanol–water partition coefficient (Wildman–Crippen LogP) is 5.30. The summed E-state index contributed by atoms with van der Waals surface area (Å²) in [5, 5.41) is 5.62. The molecule has 1 aromatic carbocycles. The Morgan fingerprint density at radius 3 is 2.76 bits per heavy atom. The Morgan fingerprint density at radius 1 is 1.35 bits per heavy atom. The van der Waals surface area contributed by atoms with Crippen molar-refractivity contribution in [1.29, 1.82) is 0 Å². The van der Waals surface area contributed by atoms with Gasteiger partial charge < -0.3 is 5.32 Å². The van der Waals surface area contributed by atoms with Gasteiger partial charge in [0.1, 0.15) is 0 Å². The standard InChI is InChI=1S/C13H14ClNS2/c1-9(10-7-13(14)17-8-10)15-11-5-3-4-6-12(11)16-2/h3-9,15H,1-2H3. The van der Waals surface area contributed by atoms with E-state index in [2.05, 4.69) is 48.1 Å². The zero-order valence-corrected chi connectivity index (χ0v) is 12.1. The van der Waals surface area contributed by atoms with Crippen molar-refractivity contribution in [3.8, 4) is 0 Å². The number of thiophene rings is 1. The summed E-state index contributed by atoms with van der Waals surface area (Å²) in [5.41, 5.74) is 2.41. The topological polar surface area (TPSA) is 12.0 Å². The van der Waals surface area contributed by atoms with E-state index in [0.717, 1.165) is 4.34 Å². The molecule has 2 rings (SSSR count). The van der Waals surface area contributed by atoms with E-state index >= 15 is 0 Å². The maximum atomic E-state index is 5.95. The molecule has 0 saturated heterocycles. The Labute approximate surface area is 115 Å². The third kappa shape index (κ3) is 3.18. The van der Waals surface area contributed by atoms with Crippen LogP contribution >= 0.6 is 34.7 Å². The van der Waals surface area contributed by atoms with Crippen LogP contribution in [0, 0.1) is 0 Å². The number of halogens is 1. The Kier molecular flexibility index (Phi) is 4.37. The molecule has 1 atom stereocenters. The normalized spacial score (nSPS) is 12.4. The van der Waals surface area contributed by atoms with Gasteiger partial charge in [-0.05, 0) is 42.3 Å². The second-order valence-electron chi connectivity index (χ2n) is 3.75. The van der Waals surface area contributed by atoms with Crippen molar-refractivity contribution in [2.75, 3.05) is 11.6 Å². The Balaban J connectivity index is 2.15. The molecule has 1 nitrogen and oxygen atoms in total. The van der Waals surface area contributed by atoms with E-state index in [9.17, 15) is 0 Å². The fourth-order valence-electron chi connectivity index (χ4n) is 1.63. The Hall–Kier alpha value is -0.640. The van der Waals surface area contributed by atoms with Crippen LogP contribution in [0.2, 0.25) is 4.34 Å².